The number of rotatable bonds is 2. The van der Waals surface area contributed by atoms with Crippen molar-refractivity contribution in [2.75, 3.05) is 5.73 Å². The summed E-state index contributed by atoms with van der Waals surface area (Å²) in [6.45, 7) is 0. The lowest BCUT2D eigenvalue weighted by Crippen LogP contribution is -1.90. The molecule has 6 heteroatoms. The number of nitrogens with zero attached hydrogens (tertiary/aromatic N) is 1. The van der Waals surface area contributed by atoms with Crippen LogP contribution in [-0.4, -0.2) is 5.16 Å². The highest BCUT2D eigenvalue weighted by Gasteiger charge is 2.21. The van der Waals surface area contributed by atoms with Gasteiger partial charge < -0.3 is 10.3 Å². The summed E-state index contributed by atoms with van der Waals surface area (Å²) in [4.78, 5) is 0. The van der Waals surface area contributed by atoms with Crippen LogP contribution in [0.25, 0.3) is 22.4 Å². The van der Waals surface area contributed by atoms with Gasteiger partial charge in [0.05, 0.1) is 10.0 Å². The van der Waals surface area contributed by atoms with Gasteiger partial charge in [0, 0.05) is 10.0 Å². The second kappa shape index (κ2) is 5.61. The number of anilines is 1. The fraction of sp³-hybridized carbons (Fsp3) is 0. The van der Waals surface area contributed by atoms with Crippen LogP contribution < -0.4 is 5.73 Å². The number of hydrogen-bond acceptors (Lipinski definition) is 3. The van der Waals surface area contributed by atoms with Gasteiger partial charge in [0.25, 0.3) is 0 Å². The molecule has 0 bridgehead atoms. The lowest BCUT2D eigenvalue weighted by atomic mass is 10.0. The van der Waals surface area contributed by atoms with E-state index < -0.39 is 5.82 Å². The highest BCUT2D eigenvalue weighted by atomic mass is 79.9. The predicted molar refractivity (Wildman–Crippen MR) is 87.1 cm³/mol. The molecule has 106 valence electrons. The lowest BCUT2D eigenvalue weighted by Gasteiger charge is -2.05. The molecule has 3 aromatic rings. The van der Waals surface area contributed by atoms with E-state index in [1.165, 1.54) is 0 Å². The summed E-state index contributed by atoms with van der Waals surface area (Å²) < 4.78 is 20.6. The van der Waals surface area contributed by atoms with Gasteiger partial charge in [0.2, 0.25) is 5.88 Å². The minimum Gasteiger partial charge on any atom is -0.367 e. The van der Waals surface area contributed by atoms with Gasteiger partial charge in [-0.3, -0.25) is 0 Å². The lowest BCUT2D eigenvalue weighted by molar-refractivity contribution is 0.439. The van der Waals surface area contributed by atoms with E-state index in [4.69, 9.17) is 10.3 Å². The monoisotopic (exact) mass is 410 g/mol. The van der Waals surface area contributed by atoms with Gasteiger partial charge in [0.15, 0.2) is 0 Å². The van der Waals surface area contributed by atoms with Crippen molar-refractivity contribution in [2.24, 2.45) is 0 Å². The normalized spacial score (nSPS) is 10.8. The molecule has 2 N–H and O–H groups in total. The fourth-order valence-electron chi connectivity index (χ4n) is 2.10. The summed E-state index contributed by atoms with van der Waals surface area (Å²) in [5.74, 6) is -0.246. The minimum atomic E-state index is -0.401. The zero-order chi connectivity index (χ0) is 15.0. The Kier molecular flexibility index (Phi) is 3.82. The molecule has 0 saturated heterocycles. The molecular formula is C15H9Br2FN2O. The van der Waals surface area contributed by atoms with Crippen LogP contribution in [0.15, 0.2) is 55.9 Å². The molecule has 0 spiro atoms. The molecule has 0 aliphatic carbocycles. The summed E-state index contributed by atoms with van der Waals surface area (Å²) >= 11 is 6.58. The van der Waals surface area contributed by atoms with Crippen LogP contribution in [0, 0.1) is 5.82 Å². The maximum Gasteiger partial charge on any atom is 0.230 e. The van der Waals surface area contributed by atoms with E-state index in [9.17, 15) is 4.39 Å². The van der Waals surface area contributed by atoms with E-state index in [-0.39, 0.29) is 5.88 Å². The summed E-state index contributed by atoms with van der Waals surface area (Å²) in [5.41, 5.74) is 7.96. The molecule has 0 saturated carbocycles. The number of halogens is 3. The molecule has 0 amide bonds. The smallest absolute Gasteiger partial charge is 0.230 e. The Morgan fingerprint density at radius 1 is 1.10 bits per heavy atom. The van der Waals surface area contributed by atoms with Gasteiger partial charge in [-0.15, -0.1) is 0 Å². The molecule has 0 radical (unpaired) electrons. The Morgan fingerprint density at radius 2 is 1.86 bits per heavy atom. The van der Waals surface area contributed by atoms with Gasteiger partial charge in [-0.2, -0.15) is 0 Å². The predicted octanol–water partition coefficient (Wildman–Crippen LogP) is 5.25. The summed E-state index contributed by atoms with van der Waals surface area (Å²) in [7, 11) is 0. The van der Waals surface area contributed by atoms with E-state index in [0.717, 1.165) is 10.0 Å². The molecule has 0 aliphatic rings. The van der Waals surface area contributed by atoms with Gasteiger partial charge in [-0.25, -0.2) is 4.39 Å². The zero-order valence-electron chi connectivity index (χ0n) is 10.6. The highest BCUT2D eigenvalue weighted by Crippen LogP contribution is 2.39. The van der Waals surface area contributed by atoms with Crippen molar-refractivity contribution in [3.05, 3.63) is 57.2 Å². The van der Waals surface area contributed by atoms with Crippen molar-refractivity contribution in [1.29, 1.82) is 0 Å². The van der Waals surface area contributed by atoms with E-state index in [0.29, 0.717) is 21.3 Å². The average molecular weight is 412 g/mol. The minimum absolute atomic E-state index is 0.155. The van der Waals surface area contributed by atoms with Crippen LogP contribution in [0.5, 0.6) is 0 Å². The topological polar surface area (TPSA) is 52.0 Å². The molecule has 0 aliphatic heterocycles. The van der Waals surface area contributed by atoms with Crippen LogP contribution in [0.1, 0.15) is 0 Å². The van der Waals surface area contributed by atoms with Crippen molar-refractivity contribution in [2.45, 2.75) is 0 Å². The number of nitrogens with two attached hydrogens (primary N) is 1. The van der Waals surface area contributed by atoms with Crippen LogP contribution in [-0.2, 0) is 0 Å². The van der Waals surface area contributed by atoms with Crippen molar-refractivity contribution in [3.63, 3.8) is 0 Å². The molecule has 0 unspecified atom stereocenters. The third kappa shape index (κ3) is 2.61. The standard InChI is InChI=1S/C15H9Br2FN2O/c16-9-4-1-3-8(7-9)12-14(20-21-15(12)19)10-5-2-6-11(17)13(10)18/h1-7H,19H2. The first-order valence-electron chi connectivity index (χ1n) is 6.03. The second-order valence-corrected chi connectivity index (χ2v) is 6.15. The van der Waals surface area contributed by atoms with Gasteiger partial charge >= 0.3 is 0 Å². The van der Waals surface area contributed by atoms with E-state index in [1.807, 2.05) is 24.3 Å². The van der Waals surface area contributed by atoms with E-state index in [2.05, 4.69) is 37.0 Å². The zero-order valence-corrected chi connectivity index (χ0v) is 13.8. The van der Waals surface area contributed by atoms with Gasteiger partial charge in [-0.05, 0) is 45.8 Å². The van der Waals surface area contributed by atoms with E-state index >= 15 is 0 Å². The Morgan fingerprint density at radius 3 is 2.62 bits per heavy atom. The molecular weight excluding hydrogens is 403 g/mol. The Hall–Kier alpha value is -1.66. The Balaban J connectivity index is 2.24. The van der Waals surface area contributed by atoms with Crippen LogP contribution in [0.3, 0.4) is 0 Å². The maximum atomic E-state index is 14.3. The van der Waals surface area contributed by atoms with Gasteiger partial charge in [-0.1, -0.05) is 39.3 Å². The maximum absolute atomic E-state index is 14.3. The fourth-order valence-corrected chi connectivity index (χ4v) is 2.86. The second-order valence-electron chi connectivity index (χ2n) is 4.38. The number of aromatic nitrogens is 1. The molecule has 3 rings (SSSR count). The van der Waals surface area contributed by atoms with Crippen molar-refractivity contribution in [1.82, 2.24) is 5.16 Å². The molecule has 0 atom stereocenters. The first-order chi connectivity index (χ1) is 10.1. The summed E-state index contributed by atoms with van der Waals surface area (Å²) in [6.07, 6.45) is 0. The third-order valence-electron chi connectivity index (χ3n) is 3.04. The van der Waals surface area contributed by atoms with Crippen molar-refractivity contribution in [3.8, 4) is 22.4 Å². The van der Waals surface area contributed by atoms with Crippen molar-refractivity contribution >= 4 is 37.7 Å². The molecule has 1 aromatic heterocycles. The van der Waals surface area contributed by atoms with Crippen LogP contribution >= 0.6 is 31.9 Å². The van der Waals surface area contributed by atoms with Crippen LogP contribution in [0.4, 0.5) is 10.3 Å². The summed E-state index contributed by atoms with van der Waals surface area (Å²) in [5, 5.41) is 3.92. The number of benzene rings is 2. The first kappa shape index (κ1) is 14.3. The average Bonchev–Trinajstić information content (AvgIpc) is 2.83. The third-order valence-corrected chi connectivity index (χ3v) is 4.14. The first-order valence-corrected chi connectivity index (χ1v) is 7.62. The Labute approximate surface area is 137 Å². The Bertz CT molecular complexity index is 817. The number of hydrogen-bond donors (Lipinski definition) is 1. The molecule has 2 aromatic carbocycles. The SMILES string of the molecule is Nc1onc(-c2cccc(Br)c2F)c1-c1cccc(Br)c1. The molecule has 3 nitrogen and oxygen atoms in total. The highest BCUT2D eigenvalue weighted by molar-refractivity contribution is 9.10. The largest absolute Gasteiger partial charge is 0.367 e. The molecule has 1 heterocycles. The quantitative estimate of drug-likeness (QED) is 0.626. The number of nitrogen functional groups attached to an aromatic ring is 1. The van der Waals surface area contributed by atoms with Crippen LogP contribution in [0.2, 0.25) is 0 Å². The summed E-state index contributed by atoms with van der Waals surface area (Å²) in [6, 6.07) is 12.5. The van der Waals surface area contributed by atoms with E-state index in [1.54, 1.807) is 18.2 Å². The van der Waals surface area contributed by atoms with Gasteiger partial charge in [0.1, 0.15) is 11.5 Å². The van der Waals surface area contributed by atoms with Crippen molar-refractivity contribution < 1.29 is 8.91 Å². The molecule has 0 fully saturated rings. The molecule has 21 heavy (non-hydrogen) atoms.